The highest BCUT2D eigenvalue weighted by Crippen LogP contribution is 2.65. The van der Waals surface area contributed by atoms with Crippen LogP contribution in [0.3, 0.4) is 0 Å². The molecule has 2 aromatic carbocycles. The molecule has 4 aliphatic carbocycles. The van der Waals surface area contributed by atoms with Gasteiger partial charge in [-0.15, -0.1) is 0 Å². The molecule has 3 fully saturated rings. The Kier molecular flexibility index (Phi) is 5.21. The van der Waals surface area contributed by atoms with Crippen LogP contribution < -0.4 is 4.90 Å². The highest BCUT2D eigenvalue weighted by molar-refractivity contribution is 9.10. The van der Waals surface area contributed by atoms with Crippen LogP contribution in [-0.4, -0.2) is 29.3 Å². The molecule has 2 bridgehead atoms. The second kappa shape index (κ2) is 7.94. The fraction of sp³-hybridized carbons (Fsp3) is 0.346. The summed E-state index contributed by atoms with van der Waals surface area (Å²) in [5.41, 5.74) is 1.63. The number of halogens is 3. The topological polar surface area (TPSA) is 57.7 Å². The molecular formula is C26H21BrCl2N2O3. The van der Waals surface area contributed by atoms with Crippen molar-refractivity contribution in [3.05, 3.63) is 74.2 Å². The van der Waals surface area contributed by atoms with Crippen LogP contribution >= 0.6 is 39.1 Å². The first-order valence-electron chi connectivity index (χ1n) is 11.3. The SMILES string of the molecule is Cc1c(N(CN2C(=O)C3C4C=CC(C5CC45)C3C2=O)C(=O)c2ccc(Cl)cc2)ccc(Br)c1Cl. The van der Waals surface area contributed by atoms with Crippen LogP contribution in [0.15, 0.2) is 53.0 Å². The molecule has 2 aromatic rings. The summed E-state index contributed by atoms with van der Waals surface area (Å²) < 4.78 is 0.704. The predicted molar refractivity (Wildman–Crippen MR) is 134 cm³/mol. The third-order valence-electron chi connectivity index (χ3n) is 7.97. The van der Waals surface area contributed by atoms with Gasteiger partial charge in [-0.3, -0.25) is 24.2 Å². The smallest absolute Gasteiger partial charge is 0.259 e. The third kappa shape index (κ3) is 3.22. The van der Waals surface area contributed by atoms with Crippen LogP contribution in [-0.2, 0) is 9.59 Å². The summed E-state index contributed by atoms with van der Waals surface area (Å²) in [7, 11) is 0. The Balaban J connectivity index is 1.38. The van der Waals surface area contributed by atoms with Crippen molar-refractivity contribution in [3.8, 4) is 0 Å². The highest BCUT2D eigenvalue weighted by Gasteiger charge is 2.67. The van der Waals surface area contributed by atoms with Gasteiger partial charge in [-0.2, -0.15) is 0 Å². The molecule has 5 nitrogen and oxygen atoms in total. The lowest BCUT2D eigenvalue weighted by molar-refractivity contribution is -0.140. The molecule has 0 radical (unpaired) electrons. The Morgan fingerprint density at radius 1 is 1.00 bits per heavy atom. The Labute approximate surface area is 215 Å². The first-order valence-corrected chi connectivity index (χ1v) is 12.9. The first-order chi connectivity index (χ1) is 16.3. The Bertz CT molecular complexity index is 1240. The van der Waals surface area contributed by atoms with Crippen molar-refractivity contribution in [2.24, 2.45) is 35.5 Å². The molecule has 8 heteroatoms. The molecule has 3 amide bonds. The molecular weight excluding hydrogens is 539 g/mol. The van der Waals surface area contributed by atoms with Gasteiger partial charge in [-0.05, 0) is 94.9 Å². The van der Waals surface area contributed by atoms with Crippen LogP contribution in [0.1, 0.15) is 22.3 Å². The van der Waals surface area contributed by atoms with Crippen LogP contribution in [0.5, 0.6) is 0 Å². The van der Waals surface area contributed by atoms with Gasteiger partial charge in [-0.1, -0.05) is 35.4 Å². The fourth-order valence-electron chi connectivity index (χ4n) is 6.23. The molecule has 0 spiro atoms. The summed E-state index contributed by atoms with van der Waals surface area (Å²) in [6.45, 7) is 1.66. The van der Waals surface area contributed by atoms with Gasteiger partial charge in [0.15, 0.2) is 0 Å². The predicted octanol–water partition coefficient (Wildman–Crippen LogP) is 5.72. The maximum atomic E-state index is 13.7. The lowest BCUT2D eigenvalue weighted by Crippen LogP contribution is -2.45. The number of carbonyl (C=O) groups is 3. The summed E-state index contributed by atoms with van der Waals surface area (Å²) in [5, 5.41) is 0.989. The highest BCUT2D eigenvalue weighted by atomic mass is 79.9. The van der Waals surface area contributed by atoms with Crippen molar-refractivity contribution in [2.75, 3.05) is 11.6 Å². The van der Waals surface area contributed by atoms with Gasteiger partial charge in [0.1, 0.15) is 6.67 Å². The van der Waals surface area contributed by atoms with E-state index in [1.807, 2.05) is 6.92 Å². The van der Waals surface area contributed by atoms with Gasteiger partial charge in [0.05, 0.1) is 22.5 Å². The van der Waals surface area contributed by atoms with E-state index in [0.717, 1.165) is 6.42 Å². The van der Waals surface area contributed by atoms with E-state index < -0.39 is 0 Å². The molecule has 2 saturated carbocycles. The van der Waals surface area contributed by atoms with Crippen LogP contribution in [0, 0.1) is 42.4 Å². The third-order valence-corrected chi connectivity index (χ3v) is 9.60. The Morgan fingerprint density at radius 3 is 2.18 bits per heavy atom. The minimum absolute atomic E-state index is 0.130. The Hall–Kier alpha value is -2.15. The quantitative estimate of drug-likeness (QED) is 0.355. The van der Waals surface area contributed by atoms with Gasteiger partial charge in [0, 0.05) is 15.1 Å². The summed E-state index contributed by atoms with van der Waals surface area (Å²) >= 11 is 15.9. The van der Waals surface area contributed by atoms with E-state index >= 15 is 0 Å². The molecule has 1 aliphatic heterocycles. The number of benzene rings is 2. The fourth-order valence-corrected chi connectivity index (χ4v) is 6.95. The van der Waals surface area contributed by atoms with E-state index in [1.165, 1.54) is 9.80 Å². The number of hydrogen-bond acceptors (Lipinski definition) is 3. The molecule has 174 valence electrons. The number of carbonyl (C=O) groups excluding carboxylic acids is 3. The van der Waals surface area contributed by atoms with Gasteiger partial charge < -0.3 is 0 Å². The Morgan fingerprint density at radius 2 is 1.59 bits per heavy atom. The summed E-state index contributed by atoms with van der Waals surface area (Å²) in [6, 6.07) is 10.1. The van der Waals surface area contributed by atoms with Crippen molar-refractivity contribution in [1.82, 2.24) is 4.90 Å². The summed E-state index contributed by atoms with van der Waals surface area (Å²) in [4.78, 5) is 43.6. The number of nitrogens with zero attached hydrogens (tertiary/aromatic N) is 2. The van der Waals surface area contributed by atoms with Gasteiger partial charge >= 0.3 is 0 Å². The lowest BCUT2D eigenvalue weighted by Gasteiger charge is -2.37. The van der Waals surface area contributed by atoms with Crippen molar-refractivity contribution in [3.63, 3.8) is 0 Å². The maximum Gasteiger partial charge on any atom is 0.259 e. The van der Waals surface area contributed by atoms with Crippen LogP contribution in [0.4, 0.5) is 5.69 Å². The zero-order valence-corrected chi connectivity index (χ0v) is 21.3. The normalized spacial score (nSPS) is 30.4. The van der Waals surface area contributed by atoms with Gasteiger partial charge in [0.25, 0.3) is 5.91 Å². The zero-order valence-electron chi connectivity index (χ0n) is 18.3. The van der Waals surface area contributed by atoms with Gasteiger partial charge in [0.2, 0.25) is 11.8 Å². The number of rotatable bonds is 4. The van der Waals surface area contributed by atoms with E-state index in [-0.39, 0.29) is 48.1 Å². The van der Waals surface area contributed by atoms with Crippen LogP contribution in [0.25, 0.3) is 0 Å². The van der Waals surface area contributed by atoms with E-state index in [9.17, 15) is 14.4 Å². The molecule has 34 heavy (non-hydrogen) atoms. The number of hydrogen-bond donors (Lipinski definition) is 0. The monoisotopic (exact) mass is 558 g/mol. The van der Waals surface area contributed by atoms with E-state index in [0.29, 0.717) is 43.2 Å². The summed E-state index contributed by atoms with van der Waals surface area (Å²) in [5.74, 6) is -0.000750. The number of imide groups is 1. The standard InChI is InChI=1S/C26H21BrCl2N2O3/c1-12-20(9-8-19(27)23(12)29)30(24(32)13-2-4-14(28)5-3-13)11-31-25(33)21-15-6-7-16(18-10-17(15)18)22(21)26(31)34/h2-9,15-18,21-22H,10-11H2,1H3. The number of allylic oxidation sites excluding steroid dienone is 2. The molecule has 5 aliphatic rings. The summed E-state index contributed by atoms with van der Waals surface area (Å²) in [6.07, 6.45) is 5.39. The van der Waals surface area contributed by atoms with E-state index in [2.05, 4.69) is 28.1 Å². The van der Waals surface area contributed by atoms with Crippen LogP contribution in [0.2, 0.25) is 10.0 Å². The molecule has 7 rings (SSSR count). The average Bonchev–Trinajstić information content (AvgIpc) is 3.62. The van der Waals surface area contributed by atoms with Crippen molar-refractivity contribution in [1.29, 1.82) is 0 Å². The van der Waals surface area contributed by atoms with Gasteiger partial charge in [-0.25, -0.2) is 0 Å². The molecule has 6 atom stereocenters. The second-order valence-corrected chi connectivity index (χ2v) is 11.3. The molecule has 6 unspecified atom stereocenters. The van der Waals surface area contributed by atoms with Crippen molar-refractivity contribution in [2.45, 2.75) is 13.3 Å². The van der Waals surface area contributed by atoms with E-state index in [1.54, 1.807) is 36.4 Å². The number of anilines is 1. The number of amides is 3. The molecule has 1 saturated heterocycles. The average molecular weight is 560 g/mol. The first kappa shape index (κ1) is 22.3. The molecule has 1 heterocycles. The minimum Gasteiger partial charge on any atom is -0.289 e. The second-order valence-electron chi connectivity index (χ2n) is 9.65. The largest absolute Gasteiger partial charge is 0.289 e. The van der Waals surface area contributed by atoms with Crippen molar-refractivity contribution >= 4 is 62.5 Å². The van der Waals surface area contributed by atoms with E-state index in [4.69, 9.17) is 23.2 Å². The molecule has 0 N–H and O–H groups in total. The zero-order chi connectivity index (χ0) is 23.9. The maximum absolute atomic E-state index is 13.7. The minimum atomic E-state index is -0.336. The van der Waals surface area contributed by atoms with Crippen molar-refractivity contribution < 1.29 is 14.4 Å². The number of likely N-dealkylation sites (tertiary alicyclic amines) is 1. The molecule has 0 aromatic heterocycles. The lowest BCUT2D eigenvalue weighted by atomic mass is 9.63.